The summed E-state index contributed by atoms with van der Waals surface area (Å²) in [5.74, 6) is 1.03. The van der Waals surface area contributed by atoms with E-state index in [1.165, 1.54) is 54.4 Å². The minimum absolute atomic E-state index is 0.270. The number of aliphatic imine (C=N–C) groups is 1. The van der Waals surface area contributed by atoms with Gasteiger partial charge in [0.05, 0.1) is 5.69 Å². The van der Waals surface area contributed by atoms with E-state index >= 15 is 0 Å². The van der Waals surface area contributed by atoms with Crippen LogP contribution in [0.1, 0.15) is 85.7 Å². The van der Waals surface area contributed by atoms with Crippen molar-refractivity contribution in [2.75, 3.05) is 7.05 Å². The van der Waals surface area contributed by atoms with Gasteiger partial charge in [-0.2, -0.15) is 0 Å². The summed E-state index contributed by atoms with van der Waals surface area (Å²) < 4.78 is 0. The molecule has 2 aromatic rings. The van der Waals surface area contributed by atoms with E-state index in [1.54, 1.807) is 0 Å². The Kier molecular flexibility index (Phi) is 5.67. The standard InChI is InChI=1S/C23H30N2/c1-16-14-15-25-23(22(16)18(3)24-4)17(2)19-10-12-21(13-11-19)20-8-6-5-7-9-20/h10-15,17,20H,5-9H2,1-4H3. The van der Waals surface area contributed by atoms with Crippen molar-refractivity contribution in [2.45, 2.75) is 64.7 Å². The smallest absolute Gasteiger partial charge is 0.0568 e. The first-order valence-corrected chi connectivity index (χ1v) is 9.61. The van der Waals surface area contributed by atoms with Gasteiger partial charge >= 0.3 is 0 Å². The van der Waals surface area contributed by atoms with Crippen LogP contribution >= 0.6 is 0 Å². The fourth-order valence-electron chi connectivity index (χ4n) is 4.14. The Balaban J connectivity index is 1.88. The maximum Gasteiger partial charge on any atom is 0.0568 e. The van der Waals surface area contributed by atoms with Crippen molar-refractivity contribution in [3.05, 3.63) is 64.5 Å². The molecular formula is C23H30N2. The molecule has 1 aromatic carbocycles. The average molecular weight is 335 g/mol. The highest BCUT2D eigenvalue weighted by atomic mass is 14.7. The average Bonchev–Trinajstić information content (AvgIpc) is 2.67. The highest BCUT2D eigenvalue weighted by Gasteiger charge is 2.19. The molecule has 1 heterocycles. The van der Waals surface area contributed by atoms with Crippen LogP contribution in [0.2, 0.25) is 0 Å². The van der Waals surface area contributed by atoms with Gasteiger partial charge in [0.15, 0.2) is 0 Å². The van der Waals surface area contributed by atoms with Crippen LogP contribution in [0.25, 0.3) is 0 Å². The molecule has 1 atom stereocenters. The lowest BCUT2D eigenvalue weighted by Gasteiger charge is -2.23. The van der Waals surface area contributed by atoms with E-state index in [9.17, 15) is 0 Å². The lowest BCUT2D eigenvalue weighted by Crippen LogP contribution is -2.10. The van der Waals surface area contributed by atoms with Crippen molar-refractivity contribution in [2.24, 2.45) is 4.99 Å². The SMILES string of the molecule is CN=C(C)c1c(C)ccnc1C(C)c1ccc(C2CCCCC2)cc1. The normalized spacial score (nSPS) is 17.5. The van der Waals surface area contributed by atoms with Gasteiger partial charge in [0, 0.05) is 30.4 Å². The third-order valence-electron chi connectivity index (χ3n) is 5.81. The minimum atomic E-state index is 0.270. The Hall–Kier alpha value is -1.96. The summed E-state index contributed by atoms with van der Waals surface area (Å²) in [7, 11) is 1.86. The first-order chi connectivity index (χ1) is 12.1. The first kappa shape index (κ1) is 17.8. The summed E-state index contributed by atoms with van der Waals surface area (Å²) in [6.45, 7) is 6.48. The predicted molar refractivity (Wildman–Crippen MR) is 107 cm³/mol. The molecule has 1 aliphatic rings. The Morgan fingerprint density at radius 2 is 1.76 bits per heavy atom. The fourth-order valence-corrected chi connectivity index (χ4v) is 4.14. The second kappa shape index (κ2) is 7.95. The summed E-state index contributed by atoms with van der Waals surface area (Å²) in [6, 6.07) is 11.4. The summed E-state index contributed by atoms with van der Waals surface area (Å²) in [4.78, 5) is 9.12. The molecular weight excluding hydrogens is 304 g/mol. The molecule has 0 N–H and O–H groups in total. The number of aryl methyl sites for hydroxylation is 1. The van der Waals surface area contributed by atoms with Gasteiger partial charge in [-0.05, 0) is 55.4 Å². The Bertz CT molecular complexity index is 737. The number of hydrogen-bond acceptors (Lipinski definition) is 2. The molecule has 0 amide bonds. The van der Waals surface area contributed by atoms with Crippen molar-refractivity contribution >= 4 is 5.71 Å². The molecule has 2 heteroatoms. The molecule has 1 aromatic heterocycles. The first-order valence-electron chi connectivity index (χ1n) is 9.61. The van der Waals surface area contributed by atoms with Crippen LogP contribution in [0.15, 0.2) is 41.5 Å². The quantitative estimate of drug-likeness (QED) is 0.627. The molecule has 25 heavy (non-hydrogen) atoms. The zero-order valence-corrected chi connectivity index (χ0v) is 16.0. The summed E-state index contributed by atoms with van der Waals surface area (Å²) in [5, 5.41) is 0. The highest BCUT2D eigenvalue weighted by Crippen LogP contribution is 2.34. The van der Waals surface area contributed by atoms with Gasteiger partial charge in [-0.1, -0.05) is 50.5 Å². The molecule has 2 nitrogen and oxygen atoms in total. The lowest BCUT2D eigenvalue weighted by molar-refractivity contribution is 0.443. The molecule has 1 saturated carbocycles. The Morgan fingerprint density at radius 3 is 2.40 bits per heavy atom. The number of hydrogen-bond donors (Lipinski definition) is 0. The van der Waals surface area contributed by atoms with Gasteiger partial charge < -0.3 is 0 Å². The van der Waals surface area contributed by atoms with Crippen molar-refractivity contribution in [3.63, 3.8) is 0 Å². The topological polar surface area (TPSA) is 25.2 Å². The second-order valence-corrected chi connectivity index (χ2v) is 7.42. The van der Waals surface area contributed by atoms with Crippen LogP contribution in [-0.2, 0) is 0 Å². The number of benzene rings is 1. The van der Waals surface area contributed by atoms with Gasteiger partial charge in [0.25, 0.3) is 0 Å². The molecule has 1 aliphatic carbocycles. The van der Waals surface area contributed by atoms with Gasteiger partial charge in [-0.25, -0.2) is 0 Å². The molecule has 1 unspecified atom stereocenters. The van der Waals surface area contributed by atoms with Crippen molar-refractivity contribution < 1.29 is 0 Å². The van der Waals surface area contributed by atoms with Gasteiger partial charge in [-0.15, -0.1) is 0 Å². The second-order valence-electron chi connectivity index (χ2n) is 7.42. The lowest BCUT2D eigenvalue weighted by atomic mass is 9.83. The predicted octanol–water partition coefficient (Wildman–Crippen LogP) is 6.03. The van der Waals surface area contributed by atoms with E-state index in [2.05, 4.69) is 56.1 Å². The fraction of sp³-hybridized carbons (Fsp3) is 0.478. The maximum atomic E-state index is 4.72. The number of rotatable bonds is 4. The van der Waals surface area contributed by atoms with E-state index in [1.807, 2.05) is 13.2 Å². The Morgan fingerprint density at radius 1 is 1.08 bits per heavy atom. The molecule has 0 aliphatic heterocycles. The highest BCUT2D eigenvalue weighted by molar-refractivity contribution is 6.01. The van der Waals surface area contributed by atoms with Crippen molar-refractivity contribution in [1.82, 2.24) is 4.98 Å². The van der Waals surface area contributed by atoms with Crippen LogP contribution < -0.4 is 0 Å². The van der Waals surface area contributed by atoms with Crippen LogP contribution in [0.3, 0.4) is 0 Å². The van der Waals surface area contributed by atoms with Crippen LogP contribution in [-0.4, -0.2) is 17.7 Å². The number of nitrogens with zero attached hydrogens (tertiary/aromatic N) is 2. The van der Waals surface area contributed by atoms with E-state index < -0.39 is 0 Å². The third kappa shape index (κ3) is 3.84. The monoisotopic (exact) mass is 334 g/mol. The summed E-state index contributed by atoms with van der Waals surface area (Å²) in [6.07, 6.45) is 8.80. The summed E-state index contributed by atoms with van der Waals surface area (Å²) >= 11 is 0. The zero-order valence-electron chi connectivity index (χ0n) is 16.0. The molecule has 3 rings (SSSR count). The van der Waals surface area contributed by atoms with E-state index in [0.717, 1.165) is 17.3 Å². The largest absolute Gasteiger partial charge is 0.293 e. The summed E-state index contributed by atoms with van der Waals surface area (Å²) in [5.41, 5.74) is 7.50. The molecule has 0 radical (unpaired) electrons. The maximum absolute atomic E-state index is 4.72. The van der Waals surface area contributed by atoms with Crippen molar-refractivity contribution in [1.29, 1.82) is 0 Å². The van der Waals surface area contributed by atoms with Gasteiger partial charge in [0.1, 0.15) is 0 Å². The molecule has 1 fully saturated rings. The number of aromatic nitrogens is 1. The van der Waals surface area contributed by atoms with E-state index in [-0.39, 0.29) is 5.92 Å². The van der Waals surface area contributed by atoms with Crippen LogP contribution in [0.4, 0.5) is 0 Å². The van der Waals surface area contributed by atoms with Gasteiger partial charge in [0.2, 0.25) is 0 Å². The van der Waals surface area contributed by atoms with Crippen molar-refractivity contribution in [3.8, 4) is 0 Å². The zero-order chi connectivity index (χ0) is 17.8. The van der Waals surface area contributed by atoms with Gasteiger partial charge in [-0.3, -0.25) is 9.98 Å². The van der Waals surface area contributed by atoms with Crippen LogP contribution in [0, 0.1) is 6.92 Å². The van der Waals surface area contributed by atoms with E-state index in [0.29, 0.717) is 0 Å². The molecule has 0 saturated heterocycles. The third-order valence-corrected chi connectivity index (χ3v) is 5.81. The molecule has 132 valence electrons. The Labute approximate surface area is 152 Å². The van der Waals surface area contributed by atoms with Crippen LogP contribution in [0.5, 0.6) is 0 Å². The number of pyridine rings is 1. The van der Waals surface area contributed by atoms with E-state index in [4.69, 9.17) is 4.98 Å². The molecule has 0 bridgehead atoms. The molecule has 0 spiro atoms. The minimum Gasteiger partial charge on any atom is -0.293 e.